The highest BCUT2D eigenvalue weighted by molar-refractivity contribution is 5.98. The number of anilines is 1. The van der Waals surface area contributed by atoms with Crippen LogP contribution in [0.25, 0.3) is 0 Å². The first-order chi connectivity index (χ1) is 8.55. The molecule has 2 rings (SSSR count). The van der Waals surface area contributed by atoms with Crippen molar-refractivity contribution in [1.82, 2.24) is 0 Å². The number of amides is 1. The Balaban J connectivity index is 2.12. The second kappa shape index (κ2) is 4.96. The maximum atomic E-state index is 12.1. The minimum atomic E-state index is -0.910. The van der Waals surface area contributed by atoms with Crippen LogP contribution in [0.2, 0.25) is 0 Å². The number of rotatable bonds is 3. The van der Waals surface area contributed by atoms with E-state index in [2.05, 4.69) is 5.32 Å². The van der Waals surface area contributed by atoms with Gasteiger partial charge in [0.15, 0.2) is 0 Å². The van der Waals surface area contributed by atoms with E-state index in [1.807, 2.05) is 19.1 Å². The lowest BCUT2D eigenvalue weighted by molar-refractivity contribution is -0.121. The molecule has 1 aromatic rings. The number of carbonyl (C=O) groups is 1. The second-order valence-electron chi connectivity index (χ2n) is 4.59. The van der Waals surface area contributed by atoms with Crippen LogP contribution in [0.5, 0.6) is 5.75 Å². The Hall–Kier alpha value is -1.59. The van der Waals surface area contributed by atoms with Gasteiger partial charge in [-0.3, -0.25) is 4.79 Å². The van der Waals surface area contributed by atoms with Crippen molar-refractivity contribution >= 4 is 11.6 Å². The van der Waals surface area contributed by atoms with Crippen LogP contribution < -0.4 is 15.8 Å². The van der Waals surface area contributed by atoms with Gasteiger partial charge in [0.25, 0.3) is 0 Å². The van der Waals surface area contributed by atoms with E-state index in [4.69, 9.17) is 15.2 Å². The highest BCUT2D eigenvalue weighted by Crippen LogP contribution is 2.23. The molecular weight excluding hydrogens is 232 g/mol. The summed E-state index contributed by atoms with van der Waals surface area (Å²) in [4.78, 5) is 12.1. The summed E-state index contributed by atoms with van der Waals surface area (Å²) in [7, 11) is 1.61. The molecule has 1 aliphatic rings. The topological polar surface area (TPSA) is 73.6 Å². The van der Waals surface area contributed by atoms with Gasteiger partial charge in [-0.1, -0.05) is 0 Å². The quantitative estimate of drug-likeness (QED) is 0.841. The number of nitrogens with two attached hydrogens (primary N) is 1. The maximum absolute atomic E-state index is 12.1. The number of methoxy groups -OCH3 is 1. The van der Waals surface area contributed by atoms with Crippen LogP contribution in [0.15, 0.2) is 18.2 Å². The summed E-state index contributed by atoms with van der Waals surface area (Å²) in [5.41, 5.74) is 6.77. The number of carbonyl (C=O) groups excluding carboxylic acids is 1. The largest absolute Gasteiger partial charge is 0.497 e. The van der Waals surface area contributed by atoms with Gasteiger partial charge < -0.3 is 20.5 Å². The standard InChI is InChI=1S/C13H18N2O3/c1-9-7-10(17-2)3-4-11(9)15-12(16)13(14)5-6-18-8-13/h3-4,7H,5-6,8,14H2,1-2H3,(H,15,16). The average Bonchev–Trinajstić information content (AvgIpc) is 2.80. The third-order valence-electron chi connectivity index (χ3n) is 3.19. The number of hydrogen-bond donors (Lipinski definition) is 2. The van der Waals surface area contributed by atoms with Crippen LogP contribution in [0.1, 0.15) is 12.0 Å². The monoisotopic (exact) mass is 250 g/mol. The lowest BCUT2D eigenvalue weighted by atomic mass is 9.99. The van der Waals surface area contributed by atoms with Crippen molar-refractivity contribution in [1.29, 1.82) is 0 Å². The fourth-order valence-corrected chi connectivity index (χ4v) is 1.91. The predicted molar refractivity (Wildman–Crippen MR) is 68.7 cm³/mol. The summed E-state index contributed by atoms with van der Waals surface area (Å²) in [5, 5.41) is 2.84. The van der Waals surface area contributed by atoms with Crippen molar-refractivity contribution in [3.05, 3.63) is 23.8 Å². The molecule has 1 fully saturated rings. The van der Waals surface area contributed by atoms with Crippen molar-refractivity contribution < 1.29 is 14.3 Å². The molecule has 5 heteroatoms. The van der Waals surface area contributed by atoms with Crippen LogP contribution in [0.4, 0.5) is 5.69 Å². The number of benzene rings is 1. The fraction of sp³-hybridized carbons (Fsp3) is 0.462. The molecule has 1 unspecified atom stereocenters. The lowest BCUT2D eigenvalue weighted by Gasteiger charge is -2.21. The van der Waals surface area contributed by atoms with Crippen molar-refractivity contribution in [2.45, 2.75) is 18.9 Å². The zero-order valence-electron chi connectivity index (χ0n) is 10.7. The van der Waals surface area contributed by atoms with E-state index in [1.165, 1.54) is 0 Å². The number of nitrogens with one attached hydrogen (secondary N) is 1. The van der Waals surface area contributed by atoms with Crippen molar-refractivity contribution in [2.24, 2.45) is 5.73 Å². The van der Waals surface area contributed by atoms with E-state index in [9.17, 15) is 4.79 Å². The fourth-order valence-electron chi connectivity index (χ4n) is 1.91. The second-order valence-corrected chi connectivity index (χ2v) is 4.59. The Kier molecular flexibility index (Phi) is 3.54. The first-order valence-electron chi connectivity index (χ1n) is 5.88. The summed E-state index contributed by atoms with van der Waals surface area (Å²) >= 11 is 0. The molecule has 0 spiro atoms. The highest BCUT2D eigenvalue weighted by atomic mass is 16.5. The molecular formula is C13H18N2O3. The molecule has 0 aromatic heterocycles. The predicted octanol–water partition coefficient (Wildman–Crippen LogP) is 1.06. The molecule has 0 saturated carbocycles. The van der Waals surface area contributed by atoms with E-state index in [0.29, 0.717) is 13.0 Å². The number of ether oxygens (including phenoxy) is 2. The molecule has 1 saturated heterocycles. The average molecular weight is 250 g/mol. The van der Waals surface area contributed by atoms with Gasteiger partial charge in [0.1, 0.15) is 11.3 Å². The van der Waals surface area contributed by atoms with E-state index < -0.39 is 5.54 Å². The molecule has 1 heterocycles. The van der Waals surface area contributed by atoms with Crippen LogP contribution in [0, 0.1) is 6.92 Å². The third-order valence-corrected chi connectivity index (χ3v) is 3.19. The molecule has 0 aliphatic carbocycles. The van der Waals surface area contributed by atoms with Gasteiger partial charge in [-0.15, -0.1) is 0 Å². The third kappa shape index (κ3) is 2.47. The summed E-state index contributed by atoms with van der Waals surface area (Å²) in [5.74, 6) is 0.561. The summed E-state index contributed by atoms with van der Waals surface area (Å²) in [6.45, 7) is 2.71. The van der Waals surface area contributed by atoms with Crippen LogP contribution in [0.3, 0.4) is 0 Å². The molecule has 1 atom stereocenters. The van der Waals surface area contributed by atoms with Gasteiger partial charge in [0, 0.05) is 12.3 Å². The Labute approximate surface area is 106 Å². The Morgan fingerprint density at radius 3 is 2.89 bits per heavy atom. The number of hydrogen-bond acceptors (Lipinski definition) is 4. The lowest BCUT2D eigenvalue weighted by Crippen LogP contribution is -2.51. The highest BCUT2D eigenvalue weighted by Gasteiger charge is 2.38. The van der Waals surface area contributed by atoms with Gasteiger partial charge in [-0.2, -0.15) is 0 Å². The Bertz CT molecular complexity index is 454. The van der Waals surface area contributed by atoms with Crippen molar-refractivity contribution in [3.8, 4) is 5.75 Å². The van der Waals surface area contributed by atoms with E-state index >= 15 is 0 Å². The van der Waals surface area contributed by atoms with E-state index in [0.717, 1.165) is 17.0 Å². The Morgan fingerprint density at radius 1 is 1.56 bits per heavy atom. The van der Waals surface area contributed by atoms with Crippen LogP contribution in [-0.2, 0) is 9.53 Å². The van der Waals surface area contributed by atoms with Gasteiger partial charge >= 0.3 is 0 Å². The van der Waals surface area contributed by atoms with Crippen LogP contribution in [-0.4, -0.2) is 31.8 Å². The molecule has 5 nitrogen and oxygen atoms in total. The summed E-state index contributed by atoms with van der Waals surface area (Å²) < 4.78 is 10.3. The maximum Gasteiger partial charge on any atom is 0.246 e. The molecule has 0 bridgehead atoms. The van der Waals surface area contributed by atoms with Crippen LogP contribution >= 0.6 is 0 Å². The van der Waals surface area contributed by atoms with Crippen molar-refractivity contribution in [2.75, 3.05) is 25.6 Å². The molecule has 3 N–H and O–H groups in total. The van der Waals surface area contributed by atoms with Gasteiger partial charge in [0.2, 0.25) is 5.91 Å². The first-order valence-corrected chi connectivity index (χ1v) is 5.88. The molecule has 1 aromatic carbocycles. The van der Waals surface area contributed by atoms with Crippen molar-refractivity contribution in [3.63, 3.8) is 0 Å². The Morgan fingerprint density at radius 2 is 2.33 bits per heavy atom. The summed E-state index contributed by atoms with van der Waals surface area (Å²) in [6.07, 6.45) is 0.550. The molecule has 98 valence electrons. The zero-order valence-corrected chi connectivity index (χ0v) is 10.7. The number of aryl methyl sites for hydroxylation is 1. The zero-order chi connectivity index (χ0) is 13.2. The van der Waals surface area contributed by atoms with E-state index in [1.54, 1.807) is 13.2 Å². The molecule has 1 amide bonds. The first kappa shape index (κ1) is 12.9. The molecule has 1 aliphatic heterocycles. The summed E-state index contributed by atoms with van der Waals surface area (Å²) in [6, 6.07) is 5.48. The van der Waals surface area contributed by atoms with Gasteiger partial charge in [-0.05, 0) is 37.1 Å². The SMILES string of the molecule is COc1ccc(NC(=O)C2(N)CCOC2)c(C)c1. The normalized spacial score (nSPS) is 22.8. The minimum Gasteiger partial charge on any atom is -0.497 e. The minimum absolute atomic E-state index is 0.201. The molecule has 18 heavy (non-hydrogen) atoms. The molecule has 0 radical (unpaired) electrons. The van der Waals surface area contributed by atoms with Gasteiger partial charge in [0.05, 0.1) is 13.7 Å². The van der Waals surface area contributed by atoms with E-state index in [-0.39, 0.29) is 12.5 Å². The van der Waals surface area contributed by atoms with Gasteiger partial charge in [-0.25, -0.2) is 0 Å². The smallest absolute Gasteiger partial charge is 0.246 e.